The van der Waals surface area contributed by atoms with E-state index in [4.69, 9.17) is 0 Å². The van der Waals surface area contributed by atoms with Crippen molar-refractivity contribution in [3.05, 3.63) is 60.6 Å². The highest BCUT2D eigenvalue weighted by atomic mass is 16.2. The summed E-state index contributed by atoms with van der Waals surface area (Å²) >= 11 is 0. The average Bonchev–Trinajstić information content (AvgIpc) is 3.35. The van der Waals surface area contributed by atoms with E-state index in [1.807, 2.05) is 62.6 Å². The maximum Gasteiger partial charge on any atom is 0.247 e. The van der Waals surface area contributed by atoms with Crippen LogP contribution >= 0.6 is 0 Å². The molecule has 0 aliphatic heterocycles. The van der Waals surface area contributed by atoms with E-state index in [9.17, 15) is 4.79 Å². The van der Waals surface area contributed by atoms with E-state index in [0.717, 1.165) is 28.2 Å². The Morgan fingerprint density at radius 2 is 1.82 bits per heavy atom. The second kappa shape index (κ2) is 7.15. The van der Waals surface area contributed by atoms with Gasteiger partial charge in [-0.25, -0.2) is 0 Å². The van der Waals surface area contributed by atoms with Crippen LogP contribution in [-0.2, 0) is 25.4 Å². The van der Waals surface area contributed by atoms with Gasteiger partial charge in [-0.15, -0.1) is 0 Å². The van der Waals surface area contributed by atoms with Crippen molar-refractivity contribution in [1.29, 1.82) is 0 Å². The summed E-state index contributed by atoms with van der Waals surface area (Å²) in [7, 11) is 3.68. The van der Waals surface area contributed by atoms with Crippen LogP contribution in [0.25, 0.3) is 22.5 Å². The van der Waals surface area contributed by atoms with E-state index >= 15 is 0 Å². The molecule has 0 saturated carbocycles. The number of benzene rings is 1. The molecule has 0 saturated heterocycles. The van der Waals surface area contributed by atoms with Gasteiger partial charge in [-0.05, 0) is 13.0 Å². The van der Waals surface area contributed by atoms with Crippen molar-refractivity contribution >= 4 is 11.7 Å². The van der Waals surface area contributed by atoms with Crippen LogP contribution in [0.4, 0.5) is 5.82 Å². The summed E-state index contributed by atoms with van der Waals surface area (Å²) in [5.74, 6) is 0.472. The largest absolute Gasteiger partial charge is 0.309 e. The molecule has 1 amide bonds. The van der Waals surface area contributed by atoms with E-state index in [1.165, 1.54) is 0 Å². The fourth-order valence-electron chi connectivity index (χ4n) is 3.11. The Bertz CT molecular complexity index is 1120. The van der Waals surface area contributed by atoms with Crippen LogP contribution in [0.5, 0.6) is 0 Å². The van der Waals surface area contributed by atoms with Crippen LogP contribution in [0.2, 0.25) is 0 Å². The van der Waals surface area contributed by atoms with Crippen molar-refractivity contribution in [2.45, 2.75) is 13.5 Å². The number of amides is 1. The summed E-state index contributed by atoms with van der Waals surface area (Å²) in [5.41, 5.74) is 4.47. The fourth-order valence-corrected chi connectivity index (χ4v) is 3.11. The normalized spacial score (nSPS) is 11.0. The van der Waals surface area contributed by atoms with Gasteiger partial charge in [0, 0.05) is 43.7 Å². The van der Waals surface area contributed by atoms with Crippen molar-refractivity contribution in [2.24, 2.45) is 14.1 Å². The lowest BCUT2D eigenvalue weighted by Crippen LogP contribution is -2.20. The molecule has 8 heteroatoms. The van der Waals surface area contributed by atoms with Crippen molar-refractivity contribution in [2.75, 3.05) is 5.32 Å². The Morgan fingerprint density at radius 1 is 1.04 bits per heavy atom. The molecule has 0 bridgehead atoms. The zero-order valence-corrected chi connectivity index (χ0v) is 16.0. The zero-order chi connectivity index (χ0) is 19.7. The van der Waals surface area contributed by atoms with Crippen molar-refractivity contribution in [3.63, 3.8) is 0 Å². The first kappa shape index (κ1) is 17.7. The summed E-state index contributed by atoms with van der Waals surface area (Å²) in [6, 6.07) is 13.6. The summed E-state index contributed by atoms with van der Waals surface area (Å²) in [6.07, 6.45) is 3.71. The number of hydrogen-bond acceptors (Lipinski definition) is 4. The average molecular weight is 375 g/mol. The van der Waals surface area contributed by atoms with E-state index < -0.39 is 0 Å². The van der Waals surface area contributed by atoms with Crippen LogP contribution in [0.3, 0.4) is 0 Å². The van der Waals surface area contributed by atoms with Gasteiger partial charge in [-0.3, -0.25) is 18.8 Å². The van der Waals surface area contributed by atoms with Crippen molar-refractivity contribution in [3.8, 4) is 22.5 Å². The fraction of sp³-hybridized carbons (Fsp3) is 0.200. The highest BCUT2D eigenvalue weighted by molar-refractivity contribution is 5.90. The first-order valence-electron chi connectivity index (χ1n) is 8.93. The molecule has 3 heterocycles. The topological polar surface area (TPSA) is 82.6 Å². The Balaban J connectivity index is 1.45. The highest BCUT2D eigenvalue weighted by Crippen LogP contribution is 2.22. The van der Waals surface area contributed by atoms with Gasteiger partial charge in [0.15, 0.2) is 0 Å². The summed E-state index contributed by atoms with van der Waals surface area (Å²) in [4.78, 5) is 12.5. The minimum Gasteiger partial charge on any atom is -0.309 e. The summed E-state index contributed by atoms with van der Waals surface area (Å²) in [5, 5.41) is 16.2. The zero-order valence-electron chi connectivity index (χ0n) is 16.0. The third-order valence-electron chi connectivity index (χ3n) is 4.45. The molecule has 1 aromatic carbocycles. The summed E-state index contributed by atoms with van der Waals surface area (Å²) in [6.45, 7) is 2.05. The highest BCUT2D eigenvalue weighted by Gasteiger charge is 2.13. The maximum absolute atomic E-state index is 12.5. The van der Waals surface area contributed by atoms with E-state index in [0.29, 0.717) is 5.82 Å². The number of carbonyl (C=O) groups excluding carboxylic acids is 1. The second-order valence-corrected chi connectivity index (χ2v) is 6.65. The smallest absolute Gasteiger partial charge is 0.247 e. The van der Waals surface area contributed by atoms with Crippen LogP contribution in [0.1, 0.15) is 5.69 Å². The predicted octanol–water partition coefficient (Wildman–Crippen LogP) is 2.63. The number of rotatable bonds is 5. The van der Waals surface area contributed by atoms with Crippen molar-refractivity contribution in [1.82, 2.24) is 29.3 Å². The van der Waals surface area contributed by atoms with Gasteiger partial charge in [0.05, 0.1) is 17.1 Å². The van der Waals surface area contributed by atoms with Gasteiger partial charge in [0.2, 0.25) is 5.91 Å². The van der Waals surface area contributed by atoms with Gasteiger partial charge in [-0.2, -0.15) is 15.3 Å². The lowest BCUT2D eigenvalue weighted by molar-refractivity contribution is -0.116. The molecule has 4 aromatic rings. The SMILES string of the molecule is Cc1nn(C)cc1-c1ccn(CC(=O)Nc2cc(-c3ccccc3)nn2C)n1. The molecule has 0 radical (unpaired) electrons. The Hall–Kier alpha value is -3.68. The molecule has 1 N–H and O–H groups in total. The van der Waals surface area contributed by atoms with Gasteiger partial charge in [0.1, 0.15) is 12.4 Å². The van der Waals surface area contributed by atoms with E-state index in [-0.39, 0.29) is 12.5 Å². The van der Waals surface area contributed by atoms with Gasteiger partial charge >= 0.3 is 0 Å². The molecule has 0 atom stereocenters. The number of nitrogens with zero attached hydrogens (tertiary/aromatic N) is 6. The Kier molecular flexibility index (Phi) is 4.52. The number of carbonyl (C=O) groups is 1. The standard InChI is InChI=1S/C20H21N7O/c1-14-16(12-25(2)22-14)17-9-10-27(24-17)13-20(28)21-19-11-18(23-26(19)3)15-7-5-4-6-8-15/h4-12H,13H2,1-3H3,(H,21,28). The first-order chi connectivity index (χ1) is 13.5. The minimum atomic E-state index is -0.167. The second-order valence-electron chi connectivity index (χ2n) is 6.65. The van der Waals surface area contributed by atoms with Crippen LogP contribution in [0, 0.1) is 6.92 Å². The molecule has 28 heavy (non-hydrogen) atoms. The molecular formula is C20H21N7O. The number of aromatic nitrogens is 6. The molecule has 0 aliphatic carbocycles. The molecule has 0 unspecified atom stereocenters. The minimum absolute atomic E-state index is 0.116. The lowest BCUT2D eigenvalue weighted by atomic mass is 10.2. The number of nitrogens with one attached hydrogen (secondary N) is 1. The van der Waals surface area contributed by atoms with E-state index in [2.05, 4.69) is 20.6 Å². The first-order valence-corrected chi connectivity index (χ1v) is 8.93. The monoisotopic (exact) mass is 375 g/mol. The quantitative estimate of drug-likeness (QED) is 0.581. The molecular weight excluding hydrogens is 354 g/mol. The molecule has 0 spiro atoms. The number of hydrogen-bond donors (Lipinski definition) is 1. The third-order valence-corrected chi connectivity index (χ3v) is 4.45. The third kappa shape index (κ3) is 3.57. The molecule has 4 rings (SSSR count). The van der Waals surface area contributed by atoms with Crippen LogP contribution in [0.15, 0.2) is 54.9 Å². The van der Waals surface area contributed by atoms with E-state index in [1.54, 1.807) is 27.3 Å². The van der Waals surface area contributed by atoms with Gasteiger partial charge in [-0.1, -0.05) is 30.3 Å². The molecule has 8 nitrogen and oxygen atoms in total. The number of anilines is 1. The van der Waals surface area contributed by atoms with Crippen LogP contribution < -0.4 is 5.32 Å². The molecule has 0 aliphatic rings. The Morgan fingerprint density at radius 3 is 2.54 bits per heavy atom. The Labute approximate surface area is 162 Å². The lowest BCUT2D eigenvalue weighted by Gasteiger charge is -2.05. The molecule has 142 valence electrons. The molecule has 0 fully saturated rings. The van der Waals surface area contributed by atoms with Gasteiger partial charge < -0.3 is 5.32 Å². The van der Waals surface area contributed by atoms with Crippen LogP contribution in [-0.4, -0.2) is 35.2 Å². The maximum atomic E-state index is 12.5. The van der Waals surface area contributed by atoms with Crippen molar-refractivity contribution < 1.29 is 4.79 Å². The molecule has 3 aromatic heterocycles. The summed E-state index contributed by atoms with van der Waals surface area (Å²) < 4.78 is 5.03. The number of aryl methyl sites for hydroxylation is 3. The predicted molar refractivity (Wildman–Crippen MR) is 106 cm³/mol. The van der Waals surface area contributed by atoms with Gasteiger partial charge in [0.25, 0.3) is 0 Å².